The third-order valence-electron chi connectivity index (χ3n) is 5.30. The van der Waals surface area contributed by atoms with E-state index in [0.29, 0.717) is 28.4 Å². The van der Waals surface area contributed by atoms with Crippen molar-refractivity contribution in [3.63, 3.8) is 0 Å². The molecule has 0 radical (unpaired) electrons. The number of amides is 1. The highest BCUT2D eigenvalue weighted by atomic mass is 32.1. The molecule has 1 saturated carbocycles. The lowest BCUT2D eigenvalue weighted by Crippen LogP contribution is -2.30. The van der Waals surface area contributed by atoms with Crippen LogP contribution < -0.4 is 16.2 Å². The zero-order valence-corrected chi connectivity index (χ0v) is 16.5. The Bertz CT molecular complexity index is 1000. The summed E-state index contributed by atoms with van der Waals surface area (Å²) in [6, 6.07) is 8.93. The van der Waals surface area contributed by atoms with E-state index in [2.05, 4.69) is 32.7 Å². The van der Waals surface area contributed by atoms with E-state index in [0.717, 1.165) is 12.1 Å². The van der Waals surface area contributed by atoms with E-state index in [1.807, 2.05) is 12.1 Å². The van der Waals surface area contributed by atoms with E-state index in [9.17, 15) is 9.59 Å². The quantitative estimate of drug-likeness (QED) is 0.596. The Morgan fingerprint density at radius 2 is 1.82 bits per heavy atom. The Balaban J connectivity index is 1.33. The molecule has 1 aliphatic carbocycles. The van der Waals surface area contributed by atoms with Crippen molar-refractivity contribution in [3.05, 3.63) is 63.0 Å². The van der Waals surface area contributed by atoms with Crippen LogP contribution in [0.3, 0.4) is 0 Å². The van der Waals surface area contributed by atoms with Gasteiger partial charge >= 0.3 is 0 Å². The topological polar surface area (TPSA) is 86.9 Å². The lowest BCUT2D eigenvalue weighted by molar-refractivity contribution is 0.0953. The van der Waals surface area contributed by atoms with E-state index in [1.165, 1.54) is 55.3 Å². The van der Waals surface area contributed by atoms with Gasteiger partial charge in [-0.15, -0.1) is 11.3 Å². The van der Waals surface area contributed by atoms with Gasteiger partial charge in [0.25, 0.3) is 11.5 Å². The Morgan fingerprint density at radius 3 is 2.57 bits per heavy atom. The largest absolute Gasteiger partial charge is 0.348 e. The summed E-state index contributed by atoms with van der Waals surface area (Å²) in [5.74, 6) is -0.257. The molecular formula is C21H24N4O2S. The number of thiophene rings is 1. The molecule has 2 heterocycles. The molecule has 6 nitrogen and oxygen atoms in total. The first-order chi connectivity index (χ1) is 13.7. The van der Waals surface area contributed by atoms with E-state index < -0.39 is 0 Å². The number of aromatic nitrogens is 2. The summed E-state index contributed by atoms with van der Waals surface area (Å²) in [6.07, 6.45) is 7.94. The number of fused-ring (bicyclic) bond motifs is 1. The van der Waals surface area contributed by atoms with E-state index in [-0.39, 0.29) is 11.5 Å². The van der Waals surface area contributed by atoms with Crippen LogP contribution in [0.2, 0.25) is 0 Å². The van der Waals surface area contributed by atoms with Crippen LogP contribution in [0.5, 0.6) is 0 Å². The molecule has 28 heavy (non-hydrogen) atoms. The van der Waals surface area contributed by atoms with Gasteiger partial charge in [0.15, 0.2) is 0 Å². The molecular weight excluding hydrogens is 372 g/mol. The van der Waals surface area contributed by atoms with Crippen LogP contribution in [0.1, 0.15) is 53.6 Å². The summed E-state index contributed by atoms with van der Waals surface area (Å²) in [5.41, 5.74) is 2.37. The minimum absolute atomic E-state index is 0.257. The highest BCUT2D eigenvalue weighted by Gasteiger charge is 2.16. The van der Waals surface area contributed by atoms with E-state index in [4.69, 9.17) is 0 Å². The summed E-state index contributed by atoms with van der Waals surface area (Å²) < 4.78 is 0. The SMILES string of the molecule is O=C(NCc1ccc(CNC2CCCCC2)cc1)c1csc2nc[nH]c(=O)c12. The number of aromatic amines is 1. The summed E-state index contributed by atoms with van der Waals surface area (Å²) in [7, 11) is 0. The molecule has 3 aromatic rings. The number of hydrogen-bond acceptors (Lipinski definition) is 5. The zero-order chi connectivity index (χ0) is 19.3. The molecule has 0 atom stereocenters. The fourth-order valence-electron chi connectivity index (χ4n) is 3.67. The van der Waals surface area contributed by atoms with Crippen LogP contribution >= 0.6 is 11.3 Å². The molecule has 7 heteroatoms. The Hall–Kier alpha value is -2.51. The first-order valence-electron chi connectivity index (χ1n) is 9.75. The maximum absolute atomic E-state index is 12.5. The molecule has 1 aromatic carbocycles. The lowest BCUT2D eigenvalue weighted by atomic mass is 9.95. The molecule has 146 valence electrons. The van der Waals surface area contributed by atoms with Crippen molar-refractivity contribution in [1.29, 1.82) is 0 Å². The Morgan fingerprint density at radius 1 is 1.11 bits per heavy atom. The Kier molecular flexibility index (Phi) is 5.83. The number of carbonyl (C=O) groups excluding carboxylic acids is 1. The fourth-order valence-corrected chi connectivity index (χ4v) is 4.56. The molecule has 0 bridgehead atoms. The molecule has 4 rings (SSSR count). The first-order valence-corrected chi connectivity index (χ1v) is 10.6. The van der Waals surface area contributed by atoms with Crippen LogP contribution in [-0.2, 0) is 13.1 Å². The van der Waals surface area contributed by atoms with Crippen molar-refractivity contribution < 1.29 is 4.79 Å². The third-order valence-corrected chi connectivity index (χ3v) is 6.18. The summed E-state index contributed by atoms with van der Waals surface area (Å²) in [5, 5.41) is 8.58. The van der Waals surface area contributed by atoms with Crippen molar-refractivity contribution in [3.8, 4) is 0 Å². The predicted molar refractivity (Wildman–Crippen MR) is 112 cm³/mol. The highest BCUT2D eigenvalue weighted by Crippen LogP contribution is 2.20. The van der Waals surface area contributed by atoms with Gasteiger partial charge in [-0.25, -0.2) is 4.98 Å². The predicted octanol–water partition coefficient (Wildman–Crippen LogP) is 3.34. The van der Waals surface area contributed by atoms with Gasteiger partial charge in [-0.1, -0.05) is 43.5 Å². The minimum atomic E-state index is -0.286. The number of nitrogens with one attached hydrogen (secondary N) is 3. The van der Waals surface area contributed by atoms with Crippen molar-refractivity contribution in [2.45, 2.75) is 51.2 Å². The molecule has 1 fully saturated rings. The number of nitrogens with zero attached hydrogens (tertiary/aromatic N) is 1. The monoisotopic (exact) mass is 396 g/mol. The second-order valence-corrected chi connectivity index (χ2v) is 8.13. The summed E-state index contributed by atoms with van der Waals surface area (Å²) in [6.45, 7) is 1.30. The van der Waals surface area contributed by atoms with Gasteiger partial charge in [0.05, 0.1) is 17.3 Å². The van der Waals surface area contributed by atoms with Gasteiger partial charge in [-0.3, -0.25) is 9.59 Å². The van der Waals surface area contributed by atoms with Crippen LogP contribution in [-0.4, -0.2) is 21.9 Å². The zero-order valence-electron chi connectivity index (χ0n) is 15.7. The number of rotatable bonds is 6. The van der Waals surface area contributed by atoms with Gasteiger partial charge in [-0.2, -0.15) is 0 Å². The molecule has 0 spiro atoms. The molecule has 1 amide bonds. The van der Waals surface area contributed by atoms with Crippen LogP contribution in [0, 0.1) is 0 Å². The highest BCUT2D eigenvalue weighted by molar-refractivity contribution is 7.17. The smallest absolute Gasteiger partial charge is 0.260 e. The number of H-pyrrole nitrogens is 1. The maximum Gasteiger partial charge on any atom is 0.260 e. The van der Waals surface area contributed by atoms with Gasteiger partial charge in [0.2, 0.25) is 0 Å². The molecule has 1 aliphatic rings. The average molecular weight is 397 g/mol. The van der Waals surface area contributed by atoms with Crippen LogP contribution in [0.25, 0.3) is 10.2 Å². The Labute approximate surface area is 167 Å². The number of carbonyl (C=O) groups is 1. The fraction of sp³-hybridized carbons (Fsp3) is 0.381. The van der Waals surface area contributed by atoms with Crippen molar-refractivity contribution >= 4 is 27.5 Å². The first kappa shape index (κ1) is 18.8. The third kappa shape index (κ3) is 4.31. The van der Waals surface area contributed by atoms with Gasteiger partial charge in [0, 0.05) is 24.5 Å². The van der Waals surface area contributed by atoms with Gasteiger partial charge < -0.3 is 15.6 Å². The molecule has 3 N–H and O–H groups in total. The normalized spacial score (nSPS) is 15.0. The van der Waals surface area contributed by atoms with Gasteiger partial charge in [0.1, 0.15) is 4.83 Å². The summed E-state index contributed by atoms with van der Waals surface area (Å²) in [4.78, 5) is 31.7. The summed E-state index contributed by atoms with van der Waals surface area (Å²) >= 11 is 1.30. The standard InChI is InChI=1S/C21H24N4O2S/c26-19(17-12-28-21-18(17)20(27)24-13-25-21)23-11-15-8-6-14(7-9-15)10-22-16-4-2-1-3-5-16/h6-9,12-13,16,22H,1-5,10-11H2,(H,23,26)(H,24,25,27). The van der Waals surface area contributed by atoms with Crippen LogP contribution in [0.15, 0.2) is 40.8 Å². The van der Waals surface area contributed by atoms with E-state index >= 15 is 0 Å². The van der Waals surface area contributed by atoms with E-state index in [1.54, 1.807) is 5.38 Å². The molecule has 0 aliphatic heterocycles. The maximum atomic E-state index is 12.5. The van der Waals surface area contributed by atoms with Crippen molar-refractivity contribution in [2.24, 2.45) is 0 Å². The molecule has 2 aromatic heterocycles. The number of benzene rings is 1. The minimum Gasteiger partial charge on any atom is -0.348 e. The molecule has 0 unspecified atom stereocenters. The lowest BCUT2D eigenvalue weighted by Gasteiger charge is -2.22. The molecule has 0 saturated heterocycles. The number of hydrogen-bond donors (Lipinski definition) is 3. The second kappa shape index (κ2) is 8.67. The average Bonchev–Trinajstić information content (AvgIpc) is 3.18. The van der Waals surface area contributed by atoms with Crippen molar-refractivity contribution in [2.75, 3.05) is 0 Å². The van der Waals surface area contributed by atoms with Crippen molar-refractivity contribution in [1.82, 2.24) is 20.6 Å². The van der Waals surface area contributed by atoms with Gasteiger partial charge in [-0.05, 0) is 24.0 Å². The van der Waals surface area contributed by atoms with Crippen LogP contribution in [0.4, 0.5) is 0 Å². The second-order valence-electron chi connectivity index (χ2n) is 7.28.